The van der Waals surface area contributed by atoms with Gasteiger partial charge < -0.3 is 14.8 Å². The van der Waals surface area contributed by atoms with Gasteiger partial charge in [0.15, 0.2) is 0 Å². The molecule has 2 aromatic carbocycles. The SMILES string of the molecule is O=[N+]([O-])c1cccc(C(NCC(O)c2ccco2)c2ccccc2)c1. The van der Waals surface area contributed by atoms with Crippen LogP contribution in [0, 0.1) is 10.1 Å². The molecule has 3 aromatic rings. The Morgan fingerprint density at radius 3 is 2.48 bits per heavy atom. The van der Waals surface area contributed by atoms with E-state index in [0.29, 0.717) is 5.76 Å². The van der Waals surface area contributed by atoms with Gasteiger partial charge in [-0.2, -0.15) is 0 Å². The first-order chi connectivity index (χ1) is 12.1. The van der Waals surface area contributed by atoms with Crippen LogP contribution in [-0.4, -0.2) is 16.6 Å². The van der Waals surface area contributed by atoms with E-state index in [0.717, 1.165) is 11.1 Å². The van der Waals surface area contributed by atoms with E-state index in [9.17, 15) is 15.2 Å². The van der Waals surface area contributed by atoms with Gasteiger partial charge in [-0.05, 0) is 23.3 Å². The number of non-ortho nitro benzene ring substituents is 1. The second kappa shape index (κ2) is 7.74. The summed E-state index contributed by atoms with van der Waals surface area (Å²) < 4.78 is 5.21. The van der Waals surface area contributed by atoms with Gasteiger partial charge in [-0.3, -0.25) is 10.1 Å². The Kier molecular flexibility index (Phi) is 5.23. The lowest BCUT2D eigenvalue weighted by Crippen LogP contribution is -2.27. The first kappa shape index (κ1) is 16.9. The van der Waals surface area contributed by atoms with Crippen LogP contribution in [0.3, 0.4) is 0 Å². The lowest BCUT2D eigenvalue weighted by molar-refractivity contribution is -0.384. The minimum Gasteiger partial charge on any atom is -0.467 e. The molecule has 0 amide bonds. The molecule has 0 saturated carbocycles. The third kappa shape index (κ3) is 4.12. The normalized spacial score (nSPS) is 13.3. The second-order valence-electron chi connectivity index (χ2n) is 5.64. The van der Waals surface area contributed by atoms with Gasteiger partial charge in [0, 0.05) is 18.7 Å². The molecule has 0 aliphatic heterocycles. The van der Waals surface area contributed by atoms with Crippen molar-refractivity contribution in [3.8, 4) is 0 Å². The van der Waals surface area contributed by atoms with Gasteiger partial charge in [0.1, 0.15) is 11.9 Å². The summed E-state index contributed by atoms with van der Waals surface area (Å²) in [6, 6.07) is 19.2. The summed E-state index contributed by atoms with van der Waals surface area (Å²) in [4.78, 5) is 10.7. The molecule has 2 unspecified atom stereocenters. The van der Waals surface area contributed by atoms with Crippen molar-refractivity contribution < 1.29 is 14.4 Å². The molecular formula is C19H18N2O4. The Morgan fingerprint density at radius 2 is 1.80 bits per heavy atom. The molecule has 0 aliphatic carbocycles. The molecule has 1 aromatic heterocycles. The van der Waals surface area contributed by atoms with Crippen molar-refractivity contribution in [2.24, 2.45) is 0 Å². The zero-order valence-electron chi connectivity index (χ0n) is 13.4. The van der Waals surface area contributed by atoms with E-state index in [1.54, 1.807) is 24.3 Å². The molecule has 6 heteroatoms. The van der Waals surface area contributed by atoms with Crippen LogP contribution >= 0.6 is 0 Å². The highest BCUT2D eigenvalue weighted by molar-refractivity contribution is 5.40. The van der Waals surface area contributed by atoms with Crippen LogP contribution < -0.4 is 5.32 Å². The zero-order valence-corrected chi connectivity index (χ0v) is 13.4. The smallest absolute Gasteiger partial charge is 0.269 e. The molecule has 25 heavy (non-hydrogen) atoms. The fourth-order valence-corrected chi connectivity index (χ4v) is 2.70. The molecule has 0 fully saturated rings. The molecular weight excluding hydrogens is 320 g/mol. The maximum atomic E-state index is 11.1. The van der Waals surface area contributed by atoms with Gasteiger partial charge >= 0.3 is 0 Å². The summed E-state index contributed by atoms with van der Waals surface area (Å²) in [5, 5.41) is 24.6. The quantitative estimate of drug-likeness (QED) is 0.507. The van der Waals surface area contributed by atoms with E-state index in [4.69, 9.17) is 4.42 Å². The van der Waals surface area contributed by atoms with Crippen molar-refractivity contribution in [1.82, 2.24) is 5.32 Å². The average molecular weight is 338 g/mol. The Hall–Kier alpha value is -2.96. The summed E-state index contributed by atoms with van der Waals surface area (Å²) in [7, 11) is 0. The number of hydrogen-bond acceptors (Lipinski definition) is 5. The number of aliphatic hydroxyl groups is 1. The van der Waals surface area contributed by atoms with Crippen LogP contribution in [0.5, 0.6) is 0 Å². The van der Waals surface area contributed by atoms with Crippen LogP contribution in [0.25, 0.3) is 0 Å². The highest BCUT2D eigenvalue weighted by Gasteiger charge is 2.19. The summed E-state index contributed by atoms with van der Waals surface area (Å²) >= 11 is 0. The van der Waals surface area contributed by atoms with E-state index >= 15 is 0 Å². The van der Waals surface area contributed by atoms with Crippen LogP contribution in [0.2, 0.25) is 0 Å². The van der Waals surface area contributed by atoms with E-state index in [2.05, 4.69) is 5.32 Å². The molecule has 0 radical (unpaired) electrons. The van der Waals surface area contributed by atoms with Crippen molar-refractivity contribution in [3.05, 3.63) is 100.0 Å². The van der Waals surface area contributed by atoms with Gasteiger partial charge in [-0.1, -0.05) is 42.5 Å². The number of aliphatic hydroxyl groups excluding tert-OH is 1. The van der Waals surface area contributed by atoms with Gasteiger partial charge in [0.25, 0.3) is 5.69 Å². The highest BCUT2D eigenvalue weighted by atomic mass is 16.6. The van der Waals surface area contributed by atoms with E-state index < -0.39 is 11.0 Å². The number of hydrogen-bond donors (Lipinski definition) is 2. The molecule has 128 valence electrons. The average Bonchev–Trinajstić information content (AvgIpc) is 3.18. The van der Waals surface area contributed by atoms with Gasteiger partial charge in [0.05, 0.1) is 17.2 Å². The highest BCUT2D eigenvalue weighted by Crippen LogP contribution is 2.26. The molecule has 0 saturated heterocycles. The minimum atomic E-state index is -0.806. The molecule has 2 N–H and O–H groups in total. The lowest BCUT2D eigenvalue weighted by Gasteiger charge is -2.21. The maximum absolute atomic E-state index is 11.1. The Labute approximate surface area is 144 Å². The summed E-state index contributed by atoms with van der Waals surface area (Å²) in [5.74, 6) is 0.471. The largest absolute Gasteiger partial charge is 0.467 e. The second-order valence-corrected chi connectivity index (χ2v) is 5.64. The molecule has 0 aliphatic rings. The van der Waals surface area contributed by atoms with Crippen molar-refractivity contribution >= 4 is 5.69 Å². The molecule has 3 rings (SSSR count). The summed E-state index contributed by atoms with van der Waals surface area (Å²) in [6.45, 7) is 0.246. The molecule has 1 heterocycles. The van der Waals surface area contributed by atoms with Gasteiger partial charge in [-0.15, -0.1) is 0 Å². The fourth-order valence-electron chi connectivity index (χ4n) is 2.70. The zero-order chi connectivity index (χ0) is 17.6. The monoisotopic (exact) mass is 338 g/mol. The number of nitro benzene ring substituents is 1. The first-order valence-electron chi connectivity index (χ1n) is 7.89. The maximum Gasteiger partial charge on any atom is 0.269 e. The number of rotatable bonds is 7. The number of furan rings is 1. The predicted molar refractivity (Wildman–Crippen MR) is 93.1 cm³/mol. The van der Waals surface area contributed by atoms with Crippen molar-refractivity contribution in [2.75, 3.05) is 6.54 Å². The Balaban J connectivity index is 1.85. The lowest BCUT2D eigenvalue weighted by atomic mass is 9.98. The number of nitrogens with one attached hydrogen (secondary N) is 1. The van der Waals surface area contributed by atoms with E-state index in [1.807, 2.05) is 36.4 Å². The van der Waals surface area contributed by atoms with Crippen LogP contribution in [0.1, 0.15) is 29.0 Å². The predicted octanol–water partition coefficient (Wildman–Crippen LogP) is 3.60. The third-order valence-corrected chi connectivity index (χ3v) is 3.93. The van der Waals surface area contributed by atoms with Crippen molar-refractivity contribution in [1.29, 1.82) is 0 Å². The topological polar surface area (TPSA) is 88.5 Å². The Bertz CT molecular complexity index is 818. The molecule has 0 bridgehead atoms. The van der Waals surface area contributed by atoms with Crippen LogP contribution in [0.15, 0.2) is 77.4 Å². The molecule has 0 spiro atoms. The first-order valence-corrected chi connectivity index (χ1v) is 7.89. The minimum absolute atomic E-state index is 0.0341. The molecule has 2 atom stereocenters. The number of benzene rings is 2. The van der Waals surface area contributed by atoms with E-state index in [-0.39, 0.29) is 18.3 Å². The summed E-state index contributed by atoms with van der Waals surface area (Å²) in [6.07, 6.45) is 0.702. The van der Waals surface area contributed by atoms with Crippen LogP contribution in [-0.2, 0) is 0 Å². The van der Waals surface area contributed by atoms with E-state index in [1.165, 1.54) is 12.3 Å². The summed E-state index contributed by atoms with van der Waals surface area (Å²) in [5.41, 5.74) is 1.74. The number of nitro groups is 1. The Morgan fingerprint density at radius 1 is 1.04 bits per heavy atom. The standard InChI is InChI=1S/C19H18N2O4/c22-17(18-10-5-11-25-18)13-20-19(14-6-2-1-3-7-14)15-8-4-9-16(12-15)21(23)24/h1-12,17,19-20,22H,13H2. The molecule has 6 nitrogen and oxygen atoms in total. The fraction of sp³-hybridized carbons (Fsp3) is 0.158. The van der Waals surface area contributed by atoms with Gasteiger partial charge in [0.2, 0.25) is 0 Å². The third-order valence-electron chi connectivity index (χ3n) is 3.93. The number of nitrogens with zero attached hydrogens (tertiary/aromatic N) is 1. The van der Waals surface area contributed by atoms with Crippen molar-refractivity contribution in [2.45, 2.75) is 12.1 Å². The van der Waals surface area contributed by atoms with Gasteiger partial charge in [-0.25, -0.2) is 0 Å². The van der Waals surface area contributed by atoms with Crippen LogP contribution in [0.4, 0.5) is 5.69 Å². The van der Waals surface area contributed by atoms with Crippen molar-refractivity contribution in [3.63, 3.8) is 0 Å².